The Labute approximate surface area is 154 Å². The molecule has 0 unspecified atom stereocenters. The summed E-state index contributed by atoms with van der Waals surface area (Å²) >= 11 is 0. The van der Waals surface area contributed by atoms with Crippen LogP contribution in [0.4, 0.5) is 0 Å². The van der Waals surface area contributed by atoms with Crippen molar-refractivity contribution in [2.24, 2.45) is 5.73 Å². The minimum absolute atomic E-state index is 0.120. The van der Waals surface area contributed by atoms with Crippen LogP contribution < -0.4 is 15.8 Å². The fraction of sp³-hybridized carbons (Fsp3) is 0.526. The second-order valence-electron chi connectivity index (χ2n) is 7.05. The summed E-state index contributed by atoms with van der Waals surface area (Å²) in [6, 6.07) is 8.11. The number of nitrogens with two attached hydrogens (primary N) is 1. The molecule has 26 heavy (non-hydrogen) atoms. The van der Waals surface area contributed by atoms with E-state index in [0.717, 1.165) is 49.5 Å². The highest BCUT2D eigenvalue weighted by atomic mass is 16.5. The molecule has 1 heterocycles. The van der Waals surface area contributed by atoms with Crippen LogP contribution in [-0.2, 0) is 11.3 Å². The number of nitrogens with zero attached hydrogens (tertiary/aromatic N) is 2. The van der Waals surface area contributed by atoms with Crippen LogP contribution in [0.25, 0.3) is 11.3 Å². The molecule has 0 radical (unpaired) electrons. The molecule has 2 aromatic rings. The van der Waals surface area contributed by atoms with Gasteiger partial charge in [-0.2, -0.15) is 5.10 Å². The molecule has 1 saturated carbocycles. The Morgan fingerprint density at radius 1 is 1.35 bits per heavy atom. The quantitative estimate of drug-likeness (QED) is 0.589. The molecule has 1 fully saturated rings. The van der Waals surface area contributed by atoms with E-state index in [0.29, 0.717) is 0 Å². The minimum atomic E-state index is -0.519. The van der Waals surface area contributed by atoms with Gasteiger partial charge in [0.05, 0.1) is 11.9 Å². The average molecular weight is 359 g/mol. The first kappa shape index (κ1) is 18.8. The summed E-state index contributed by atoms with van der Waals surface area (Å²) < 4.78 is 11.2. The number of aromatic amines is 1. The van der Waals surface area contributed by atoms with Crippen LogP contribution in [0.1, 0.15) is 18.4 Å². The van der Waals surface area contributed by atoms with E-state index in [2.05, 4.69) is 39.6 Å². The molecule has 142 valence electrons. The first-order valence-corrected chi connectivity index (χ1v) is 8.99. The zero-order chi connectivity index (χ0) is 18.6. The van der Waals surface area contributed by atoms with E-state index in [1.54, 1.807) is 7.11 Å². The number of hydrogen-bond donors (Lipinski definition) is 3. The van der Waals surface area contributed by atoms with Gasteiger partial charge >= 0.3 is 0 Å². The third kappa shape index (κ3) is 4.42. The maximum Gasteiger partial charge on any atom is 0.123 e. The lowest BCUT2D eigenvalue weighted by molar-refractivity contribution is -0.123. The maximum absolute atomic E-state index is 6.00. The molecule has 0 saturated heterocycles. The molecule has 1 aliphatic carbocycles. The molecule has 7 heteroatoms. The van der Waals surface area contributed by atoms with Gasteiger partial charge in [0.1, 0.15) is 17.6 Å². The molecule has 3 rings (SSSR count). The maximum atomic E-state index is 6.00. The van der Waals surface area contributed by atoms with Gasteiger partial charge in [-0.3, -0.25) is 5.10 Å². The van der Waals surface area contributed by atoms with E-state index in [4.69, 9.17) is 15.2 Å². The predicted molar refractivity (Wildman–Crippen MR) is 102 cm³/mol. The van der Waals surface area contributed by atoms with E-state index in [1.807, 2.05) is 25.4 Å². The van der Waals surface area contributed by atoms with Gasteiger partial charge in [0.15, 0.2) is 0 Å². The first-order valence-electron chi connectivity index (χ1n) is 8.99. The third-order valence-corrected chi connectivity index (χ3v) is 4.90. The Balaban J connectivity index is 1.60. The van der Waals surface area contributed by atoms with Crippen molar-refractivity contribution in [2.75, 3.05) is 34.3 Å². The standard InChI is InChI=1S/C19H29N5O2/c1-21-8-9-24(2)13-15-12-22-23-18(15)14-4-6-16(7-5-14)26-17-10-19(20,11-17)25-3/h4-7,12,17,21H,8-11,13,20H2,1-3H3,(H,22,23). The predicted octanol–water partition coefficient (Wildman–Crippen LogP) is 1.57. The molecule has 1 aromatic heterocycles. The van der Waals surface area contributed by atoms with E-state index in [-0.39, 0.29) is 6.10 Å². The highest BCUT2D eigenvalue weighted by molar-refractivity contribution is 5.63. The number of rotatable bonds is 9. The SMILES string of the molecule is CNCCN(C)Cc1cn[nH]c1-c1ccc(OC2CC(N)(OC)C2)cc1. The van der Waals surface area contributed by atoms with Gasteiger partial charge in [0.2, 0.25) is 0 Å². The zero-order valence-corrected chi connectivity index (χ0v) is 15.8. The first-order chi connectivity index (χ1) is 12.5. The van der Waals surface area contributed by atoms with E-state index in [9.17, 15) is 0 Å². The molecular formula is C19H29N5O2. The van der Waals surface area contributed by atoms with Crippen LogP contribution in [0, 0.1) is 0 Å². The van der Waals surface area contributed by atoms with Gasteiger partial charge in [0.25, 0.3) is 0 Å². The molecule has 0 atom stereocenters. The lowest BCUT2D eigenvalue weighted by Crippen LogP contribution is -2.57. The summed E-state index contributed by atoms with van der Waals surface area (Å²) in [7, 11) is 5.72. The van der Waals surface area contributed by atoms with Crippen molar-refractivity contribution in [2.45, 2.75) is 31.2 Å². The minimum Gasteiger partial charge on any atom is -0.490 e. The fourth-order valence-electron chi connectivity index (χ4n) is 3.21. The highest BCUT2D eigenvalue weighted by Gasteiger charge is 2.42. The van der Waals surface area contributed by atoms with Crippen molar-refractivity contribution in [1.29, 1.82) is 0 Å². The Kier molecular flexibility index (Phi) is 5.93. The van der Waals surface area contributed by atoms with Crippen molar-refractivity contribution >= 4 is 0 Å². The topological polar surface area (TPSA) is 88.4 Å². The zero-order valence-electron chi connectivity index (χ0n) is 15.8. The number of ether oxygens (including phenoxy) is 2. The van der Waals surface area contributed by atoms with E-state index < -0.39 is 5.72 Å². The molecule has 0 bridgehead atoms. The molecule has 1 aromatic carbocycles. The molecular weight excluding hydrogens is 330 g/mol. The van der Waals surface area contributed by atoms with E-state index in [1.165, 1.54) is 5.56 Å². The number of H-pyrrole nitrogens is 1. The van der Waals surface area contributed by atoms with Crippen LogP contribution in [0.3, 0.4) is 0 Å². The van der Waals surface area contributed by atoms with Crippen molar-refractivity contribution < 1.29 is 9.47 Å². The number of benzene rings is 1. The number of likely N-dealkylation sites (N-methyl/N-ethyl adjacent to an activating group) is 2. The number of aromatic nitrogens is 2. The Morgan fingerprint density at radius 2 is 2.08 bits per heavy atom. The summed E-state index contributed by atoms with van der Waals surface area (Å²) in [6.45, 7) is 2.80. The van der Waals surface area contributed by atoms with Crippen LogP contribution in [0.5, 0.6) is 5.75 Å². The number of methoxy groups -OCH3 is 1. The van der Waals surface area contributed by atoms with Gasteiger partial charge < -0.3 is 25.4 Å². The van der Waals surface area contributed by atoms with Crippen molar-refractivity contribution in [3.63, 3.8) is 0 Å². The summed E-state index contributed by atoms with van der Waals surface area (Å²) in [5.41, 5.74) is 8.82. The summed E-state index contributed by atoms with van der Waals surface area (Å²) in [6.07, 6.45) is 3.45. The van der Waals surface area contributed by atoms with Crippen molar-refractivity contribution in [3.8, 4) is 17.0 Å². The van der Waals surface area contributed by atoms with E-state index >= 15 is 0 Å². The summed E-state index contributed by atoms with van der Waals surface area (Å²) in [5, 5.41) is 10.5. The Morgan fingerprint density at radius 3 is 2.73 bits per heavy atom. The molecule has 4 N–H and O–H groups in total. The molecule has 0 spiro atoms. The monoisotopic (exact) mass is 359 g/mol. The lowest BCUT2D eigenvalue weighted by atomic mass is 9.85. The number of nitrogens with one attached hydrogen (secondary N) is 2. The lowest BCUT2D eigenvalue weighted by Gasteiger charge is -2.42. The molecule has 7 nitrogen and oxygen atoms in total. The van der Waals surface area contributed by atoms with Crippen LogP contribution in [-0.4, -0.2) is 61.2 Å². The van der Waals surface area contributed by atoms with Gasteiger partial charge in [-0.25, -0.2) is 0 Å². The summed E-state index contributed by atoms with van der Waals surface area (Å²) in [4.78, 5) is 2.27. The van der Waals surface area contributed by atoms with Crippen molar-refractivity contribution in [3.05, 3.63) is 36.0 Å². The molecule has 0 amide bonds. The Hall–Kier alpha value is -1.93. The molecule has 1 aliphatic rings. The second kappa shape index (κ2) is 8.18. The largest absolute Gasteiger partial charge is 0.490 e. The smallest absolute Gasteiger partial charge is 0.123 e. The van der Waals surface area contributed by atoms with Crippen LogP contribution in [0.15, 0.2) is 30.5 Å². The van der Waals surface area contributed by atoms with Crippen molar-refractivity contribution in [1.82, 2.24) is 20.4 Å². The second-order valence-corrected chi connectivity index (χ2v) is 7.05. The Bertz CT molecular complexity index is 694. The van der Waals surface area contributed by atoms with Gasteiger partial charge in [-0.05, 0) is 38.4 Å². The fourth-order valence-corrected chi connectivity index (χ4v) is 3.21. The van der Waals surface area contributed by atoms with Gasteiger partial charge in [-0.1, -0.05) is 0 Å². The van der Waals surface area contributed by atoms with Gasteiger partial charge in [-0.15, -0.1) is 0 Å². The number of hydrogen-bond acceptors (Lipinski definition) is 6. The molecule has 0 aliphatic heterocycles. The third-order valence-electron chi connectivity index (χ3n) is 4.90. The van der Waals surface area contributed by atoms with Gasteiger partial charge in [0, 0.05) is 50.7 Å². The van der Waals surface area contributed by atoms with Crippen LogP contribution in [0.2, 0.25) is 0 Å². The average Bonchev–Trinajstić information content (AvgIpc) is 3.07. The van der Waals surface area contributed by atoms with Crippen LogP contribution >= 0.6 is 0 Å². The summed E-state index contributed by atoms with van der Waals surface area (Å²) in [5.74, 6) is 0.851. The normalized spacial score (nSPS) is 22.4. The highest BCUT2D eigenvalue weighted by Crippen LogP contribution is 2.34.